The number of benzene rings is 1. The highest BCUT2D eigenvalue weighted by atomic mass is 79.9. The second-order valence-corrected chi connectivity index (χ2v) is 7.62. The molecule has 3 nitrogen and oxygen atoms in total. The molecule has 1 aromatic carbocycles. The Kier molecular flexibility index (Phi) is 4.71. The summed E-state index contributed by atoms with van der Waals surface area (Å²) in [4.78, 5) is 10.8. The molecule has 1 aliphatic heterocycles. The quantitative estimate of drug-likeness (QED) is 0.654. The van der Waals surface area contributed by atoms with Crippen molar-refractivity contribution in [1.82, 2.24) is 0 Å². The molecule has 1 aliphatic carbocycles. The molecule has 1 heterocycles. The number of hydrogen-bond acceptors (Lipinski definition) is 3. The summed E-state index contributed by atoms with van der Waals surface area (Å²) < 4.78 is 13.7. The summed E-state index contributed by atoms with van der Waals surface area (Å²) in [5.41, 5.74) is 0.757. The molecule has 21 heavy (non-hydrogen) atoms. The Hall–Kier alpha value is -0.390. The number of ether oxygens (including phenoxy) is 2. The second-order valence-electron chi connectivity index (χ2n) is 5.91. The van der Waals surface area contributed by atoms with E-state index < -0.39 is 0 Å². The lowest BCUT2D eigenvalue weighted by Crippen LogP contribution is -2.27. The van der Waals surface area contributed by atoms with Crippen LogP contribution in [0.15, 0.2) is 21.1 Å². The molecule has 0 bridgehead atoms. The summed E-state index contributed by atoms with van der Waals surface area (Å²) in [6.07, 6.45) is 8.21. The third kappa shape index (κ3) is 3.35. The van der Waals surface area contributed by atoms with Crippen LogP contribution in [0.2, 0.25) is 0 Å². The maximum absolute atomic E-state index is 10.8. The first-order chi connectivity index (χ1) is 10.1. The standard InChI is InChI=1S/C16H18Br2O3/c17-13-7-11(9-19)8-14(18)15(13)20-10-12-3-6-16(21-12)4-1-2-5-16/h7-9,12H,1-6,10H2. The Morgan fingerprint density at radius 2 is 1.90 bits per heavy atom. The van der Waals surface area contributed by atoms with Gasteiger partial charge in [-0.05, 0) is 69.7 Å². The van der Waals surface area contributed by atoms with Gasteiger partial charge >= 0.3 is 0 Å². The number of carbonyl (C=O) groups excluding carboxylic acids is 1. The van der Waals surface area contributed by atoms with Crippen molar-refractivity contribution in [2.24, 2.45) is 0 Å². The van der Waals surface area contributed by atoms with Crippen molar-refractivity contribution in [2.75, 3.05) is 6.61 Å². The van der Waals surface area contributed by atoms with E-state index in [1.807, 2.05) is 0 Å². The molecule has 2 aliphatic rings. The average molecular weight is 418 g/mol. The zero-order valence-electron chi connectivity index (χ0n) is 11.7. The Balaban J connectivity index is 1.62. The molecule has 1 atom stereocenters. The minimum atomic E-state index is 0.143. The zero-order chi connectivity index (χ0) is 14.9. The van der Waals surface area contributed by atoms with Gasteiger partial charge in [0.15, 0.2) is 0 Å². The molecule has 1 saturated carbocycles. The first-order valence-corrected chi connectivity index (χ1v) is 8.95. The first-order valence-electron chi connectivity index (χ1n) is 7.37. The van der Waals surface area contributed by atoms with Gasteiger partial charge in [-0.2, -0.15) is 0 Å². The molecule has 0 radical (unpaired) electrons. The van der Waals surface area contributed by atoms with Gasteiger partial charge in [-0.1, -0.05) is 12.8 Å². The van der Waals surface area contributed by atoms with E-state index in [0.29, 0.717) is 12.2 Å². The van der Waals surface area contributed by atoms with Crippen LogP contribution in [-0.4, -0.2) is 24.6 Å². The largest absolute Gasteiger partial charge is 0.489 e. The molecule has 0 amide bonds. The van der Waals surface area contributed by atoms with Crippen molar-refractivity contribution < 1.29 is 14.3 Å². The van der Waals surface area contributed by atoms with Gasteiger partial charge in [0, 0.05) is 5.56 Å². The minimum absolute atomic E-state index is 0.143. The molecular weight excluding hydrogens is 400 g/mol. The van der Waals surface area contributed by atoms with Crippen molar-refractivity contribution in [1.29, 1.82) is 0 Å². The fraction of sp³-hybridized carbons (Fsp3) is 0.562. The van der Waals surface area contributed by atoms with Gasteiger partial charge in [-0.15, -0.1) is 0 Å². The van der Waals surface area contributed by atoms with E-state index in [9.17, 15) is 4.79 Å². The zero-order valence-corrected chi connectivity index (χ0v) is 14.9. The monoisotopic (exact) mass is 416 g/mol. The van der Waals surface area contributed by atoms with Gasteiger partial charge in [-0.3, -0.25) is 4.79 Å². The van der Waals surface area contributed by atoms with E-state index in [1.165, 1.54) is 25.7 Å². The molecule has 114 valence electrons. The van der Waals surface area contributed by atoms with Crippen LogP contribution in [0.1, 0.15) is 48.9 Å². The summed E-state index contributed by atoms with van der Waals surface area (Å²) in [5.74, 6) is 0.733. The predicted molar refractivity (Wildman–Crippen MR) is 88.0 cm³/mol. The van der Waals surface area contributed by atoms with Gasteiger partial charge in [0.1, 0.15) is 18.6 Å². The van der Waals surface area contributed by atoms with Crippen LogP contribution in [0.3, 0.4) is 0 Å². The Bertz CT molecular complexity index is 515. The molecule has 5 heteroatoms. The first kappa shape index (κ1) is 15.5. The smallest absolute Gasteiger partial charge is 0.150 e. The van der Waals surface area contributed by atoms with Gasteiger partial charge in [-0.25, -0.2) is 0 Å². The highest BCUT2D eigenvalue weighted by Gasteiger charge is 2.42. The summed E-state index contributed by atoms with van der Waals surface area (Å²) in [6, 6.07) is 3.53. The fourth-order valence-electron chi connectivity index (χ4n) is 3.36. The normalized spacial score (nSPS) is 23.6. The van der Waals surface area contributed by atoms with E-state index in [1.54, 1.807) is 12.1 Å². The summed E-state index contributed by atoms with van der Waals surface area (Å²) in [6.45, 7) is 0.555. The topological polar surface area (TPSA) is 35.5 Å². The van der Waals surface area contributed by atoms with E-state index in [-0.39, 0.29) is 11.7 Å². The Morgan fingerprint density at radius 3 is 2.52 bits per heavy atom. The van der Waals surface area contributed by atoms with E-state index in [4.69, 9.17) is 9.47 Å². The third-order valence-corrected chi connectivity index (χ3v) is 5.60. The van der Waals surface area contributed by atoms with E-state index >= 15 is 0 Å². The molecule has 1 spiro atoms. The van der Waals surface area contributed by atoms with Crippen LogP contribution < -0.4 is 4.74 Å². The fourth-order valence-corrected chi connectivity index (χ4v) is 4.81. The van der Waals surface area contributed by atoms with Crippen LogP contribution in [0, 0.1) is 0 Å². The molecular formula is C16H18Br2O3. The molecule has 1 unspecified atom stereocenters. The van der Waals surface area contributed by atoms with Crippen LogP contribution in [-0.2, 0) is 4.74 Å². The lowest BCUT2D eigenvalue weighted by Gasteiger charge is -2.24. The molecule has 1 aromatic rings. The van der Waals surface area contributed by atoms with Crippen molar-refractivity contribution >= 4 is 38.1 Å². The predicted octanol–water partition coefficient (Wildman–Crippen LogP) is 4.89. The van der Waals surface area contributed by atoms with Crippen molar-refractivity contribution in [2.45, 2.75) is 50.2 Å². The van der Waals surface area contributed by atoms with Gasteiger partial charge < -0.3 is 9.47 Å². The van der Waals surface area contributed by atoms with Crippen LogP contribution in [0.25, 0.3) is 0 Å². The highest BCUT2D eigenvalue weighted by Crippen LogP contribution is 2.43. The van der Waals surface area contributed by atoms with Crippen molar-refractivity contribution in [3.05, 3.63) is 26.6 Å². The number of rotatable bonds is 4. The van der Waals surface area contributed by atoms with Crippen molar-refractivity contribution in [3.8, 4) is 5.75 Å². The van der Waals surface area contributed by atoms with E-state index in [0.717, 1.165) is 33.8 Å². The third-order valence-electron chi connectivity index (χ3n) is 4.42. The van der Waals surface area contributed by atoms with Crippen LogP contribution in [0.5, 0.6) is 5.75 Å². The molecule has 1 saturated heterocycles. The maximum atomic E-state index is 10.8. The lowest BCUT2D eigenvalue weighted by molar-refractivity contribution is -0.0510. The maximum Gasteiger partial charge on any atom is 0.150 e. The van der Waals surface area contributed by atoms with Crippen molar-refractivity contribution in [3.63, 3.8) is 0 Å². The summed E-state index contributed by atoms with van der Waals surface area (Å²) in [5, 5.41) is 0. The van der Waals surface area contributed by atoms with Crippen LogP contribution >= 0.6 is 31.9 Å². The number of carbonyl (C=O) groups is 1. The molecule has 0 aromatic heterocycles. The van der Waals surface area contributed by atoms with Crippen LogP contribution in [0.4, 0.5) is 0 Å². The summed E-state index contributed by atoms with van der Waals surface area (Å²) in [7, 11) is 0. The minimum Gasteiger partial charge on any atom is -0.489 e. The molecule has 0 N–H and O–H groups in total. The number of hydrogen-bond donors (Lipinski definition) is 0. The van der Waals surface area contributed by atoms with Gasteiger partial charge in [0.25, 0.3) is 0 Å². The second kappa shape index (κ2) is 6.39. The number of aldehydes is 1. The Labute approximate surface area is 141 Å². The SMILES string of the molecule is O=Cc1cc(Br)c(OCC2CCC3(CCCC3)O2)c(Br)c1. The summed E-state index contributed by atoms with van der Waals surface area (Å²) >= 11 is 6.91. The average Bonchev–Trinajstić information content (AvgIpc) is 3.08. The van der Waals surface area contributed by atoms with E-state index in [2.05, 4.69) is 31.9 Å². The highest BCUT2D eigenvalue weighted by molar-refractivity contribution is 9.11. The lowest BCUT2D eigenvalue weighted by atomic mass is 9.98. The Morgan fingerprint density at radius 1 is 1.24 bits per heavy atom. The molecule has 3 rings (SSSR count). The van der Waals surface area contributed by atoms with Gasteiger partial charge in [0.2, 0.25) is 0 Å². The van der Waals surface area contributed by atoms with Gasteiger partial charge in [0.05, 0.1) is 20.7 Å². The number of halogens is 2. The molecule has 2 fully saturated rings.